The third-order valence-electron chi connectivity index (χ3n) is 4.19. The fourth-order valence-electron chi connectivity index (χ4n) is 2.64. The second-order valence-corrected chi connectivity index (χ2v) is 10.5. The molecule has 0 saturated heterocycles. The van der Waals surface area contributed by atoms with Crippen molar-refractivity contribution in [3.63, 3.8) is 0 Å². The van der Waals surface area contributed by atoms with Gasteiger partial charge in [0.2, 0.25) is 5.91 Å². The molecule has 1 atom stereocenters. The van der Waals surface area contributed by atoms with E-state index in [1.54, 1.807) is 12.1 Å². The van der Waals surface area contributed by atoms with Crippen molar-refractivity contribution in [2.45, 2.75) is 29.1 Å². The zero-order valence-electron chi connectivity index (χ0n) is 17.5. The highest BCUT2D eigenvalue weighted by molar-refractivity contribution is 7.91. The Morgan fingerprint density at radius 2 is 1.74 bits per heavy atom. The summed E-state index contributed by atoms with van der Waals surface area (Å²) in [5.41, 5.74) is -0.106. The highest BCUT2D eigenvalue weighted by Gasteiger charge is 2.29. The maximum Gasteiger partial charge on any atom is 0.387 e. The Morgan fingerprint density at radius 1 is 1.09 bits per heavy atom. The molecule has 0 aromatic heterocycles. The Hall–Kier alpha value is -3.57. The Balaban J connectivity index is 2.30. The van der Waals surface area contributed by atoms with Crippen molar-refractivity contribution in [1.29, 1.82) is 5.26 Å². The molecule has 2 rings (SSSR count). The zero-order valence-corrected chi connectivity index (χ0v) is 19.1. The number of hydrogen-bond donors (Lipinski definition) is 2. The van der Waals surface area contributed by atoms with Crippen LogP contribution in [0.4, 0.5) is 8.78 Å². The zero-order chi connectivity index (χ0) is 25.2. The summed E-state index contributed by atoms with van der Waals surface area (Å²) >= 11 is 0. The fraction of sp³-hybridized carbons (Fsp3) is 0.250. The number of alkyl halides is 2. The first kappa shape index (κ1) is 26.7. The number of sulfone groups is 1. The molecule has 0 bridgehead atoms. The van der Waals surface area contributed by atoms with Gasteiger partial charge in [0.05, 0.1) is 29.5 Å². The molecule has 0 spiro atoms. The average Bonchev–Trinajstić information content (AvgIpc) is 2.78. The van der Waals surface area contributed by atoms with E-state index in [9.17, 15) is 30.4 Å². The van der Waals surface area contributed by atoms with Crippen LogP contribution in [0.3, 0.4) is 0 Å². The van der Waals surface area contributed by atoms with Crippen molar-refractivity contribution in [3.05, 3.63) is 60.2 Å². The highest BCUT2D eigenvalue weighted by atomic mass is 32.2. The number of halogens is 2. The van der Waals surface area contributed by atoms with Crippen LogP contribution in [-0.4, -0.2) is 47.6 Å². The molecule has 34 heavy (non-hydrogen) atoms. The van der Waals surface area contributed by atoms with E-state index < -0.39 is 49.9 Å². The lowest BCUT2D eigenvalue weighted by Gasteiger charge is -2.15. The number of carbonyl (C=O) groups excluding carboxylic acids is 1. The van der Waals surface area contributed by atoms with Crippen molar-refractivity contribution >= 4 is 32.1 Å². The summed E-state index contributed by atoms with van der Waals surface area (Å²) in [7, 11) is -8.40. The number of hydrogen-bond acceptors (Lipinski definition) is 8. The van der Waals surface area contributed by atoms with Gasteiger partial charge in [0.15, 0.2) is 15.2 Å². The van der Waals surface area contributed by atoms with E-state index in [1.165, 1.54) is 42.5 Å². The average molecular weight is 515 g/mol. The maximum absolute atomic E-state index is 13.0. The van der Waals surface area contributed by atoms with Crippen molar-refractivity contribution in [2.75, 3.05) is 6.54 Å². The maximum atomic E-state index is 13.0. The summed E-state index contributed by atoms with van der Waals surface area (Å²) in [6, 6.07) is 14.0. The molecule has 0 fully saturated rings. The predicted octanol–water partition coefficient (Wildman–Crippen LogP) is 1.57. The number of sulfonamides is 1. The van der Waals surface area contributed by atoms with Crippen LogP contribution in [0.5, 0.6) is 5.75 Å². The quantitative estimate of drug-likeness (QED) is 0.247. The SMILES string of the molecule is N#CCNC(=O)CC(N=CNS(=O)(=O)c1ccccc1)S(=O)(=O)Cc1ccccc1OC(F)F. The fourth-order valence-corrected chi connectivity index (χ4v) is 5.01. The van der Waals surface area contributed by atoms with Gasteiger partial charge >= 0.3 is 6.61 Å². The van der Waals surface area contributed by atoms with Crippen LogP contribution in [0.25, 0.3) is 0 Å². The molecular weight excluding hydrogens is 494 g/mol. The standard InChI is InChI=1S/C20H20F2N4O6S2/c21-20(22)32-17-9-5-4-6-15(17)13-33(28,29)19(12-18(27)24-11-10-23)25-14-26-34(30,31)16-7-2-1-3-8-16/h1-9,14,19-20H,11-13H2,(H,24,27)(H,25,26). The molecule has 0 aliphatic rings. The molecule has 1 amide bonds. The monoisotopic (exact) mass is 514 g/mol. The molecule has 0 heterocycles. The number of amides is 1. The Kier molecular flexibility index (Phi) is 9.46. The lowest BCUT2D eigenvalue weighted by atomic mass is 10.2. The lowest BCUT2D eigenvalue weighted by Crippen LogP contribution is -2.32. The van der Waals surface area contributed by atoms with E-state index in [0.29, 0.717) is 6.34 Å². The van der Waals surface area contributed by atoms with Gasteiger partial charge in [0.1, 0.15) is 12.3 Å². The van der Waals surface area contributed by atoms with E-state index >= 15 is 0 Å². The first-order valence-electron chi connectivity index (χ1n) is 9.52. The summed E-state index contributed by atoms with van der Waals surface area (Å²) in [4.78, 5) is 15.6. The number of aliphatic imine (C=N–C) groups is 1. The van der Waals surface area contributed by atoms with Gasteiger partial charge in [-0.3, -0.25) is 14.5 Å². The lowest BCUT2D eigenvalue weighted by molar-refractivity contribution is -0.120. The number of nitriles is 1. The van der Waals surface area contributed by atoms with Gasteiger partial charge in [-0.1, -0.05) is 36.4 Å². The number of carbonyl (C=O) groups is 1. The largest absolute Gasteiger partial charge is 0.435 e. The van der Waals surface area contributed by atoms with Crippen LogP contribution in [0.15, 0.2) is 64.5 Å². The van der Waals surface area contributed by atoms with E-state index in [1.807, 2.05) is 4.72 Å². The van der Waals surface area contributed by atoms with Gasteiger partial charge in [0.25, 0.3) is 10.0 Å². The number of ether oxygens (including phenoxy) is 1. The van der Waals surface area contributed by atoms with Crippen molar-refractivity contribution < 1.29 is 35.1 Å². The first-order chi connectivity index (χ1) is 16.0. The van der Waals surface area contributed by atoms with Crippen LogP contribution < -0.4 is 14.8 Å². The third kappa shape index (κ3) is 8.09. The number of nitrogens with zero attached hydrogens (tertiary/aromatic N) is 2. The number of rotatable bonds is 12. The van der Waals surface area contributed by atoms with E-state index in [0.717, 1.165) is 6.07 Å². The molecule has 0 radical (unpaired) electrons. The van der Waals surface area contributed by atoms with Crippen LogP contribution in [-0.2, 0) is 30.4 Å². The minimum absolute atomic E-state index is 0.106. The van der Waals surface area contributed by atoms with Crippen LogP contribution in [0.2, 0.25) is 0 Å². The highest BCUT2D eigenvalue weighted by Crippen LogP contribution is 2.25. The molecule has 1 unspecified atom stereocenters. The van der Waals surface area contributed by atoms with Crippen molar-refractivity contribution in [2.24, 2.45) is 4.99 Å². The summed E-state index contributed by atoms with van der Waals surface area (Å²) in [5.74, 6) is -2.03. The number of para-hydroxylation sites is 1. The summed E-state index contributed by atoms with van der Waals surface area (Å²) < 4.78 is 82.3. The summed E-state index contributed by atoms with van der Waals surface area (Å²) in [6.07, 6.45) is -0.116. The Labute approximate surface area is 195 Å². The second-order valence-electron chi connectivity index (χ2n) is 6.60. The molecule has 0 aliphatic heterocycles. The molecule has 10 nitrogen and oxygen atoms in total. The van der Waals surface area contributed by atoms with Crippen LogP contribution in [0.1, 0.15) is 12.0 Å². The van der Waals surface area contributed by atoms with Crippen LogP contribution >= 0.6 is 0 Å². The van der Waals surface area contributed by atoms with Crippen LogP contribution in [0, 0.1) is 11.3 Å². The van der Waals surface area contributed by atoms with Crippen molar-refractivity contribution in [3.8, 4) is 11.8 Å². The molecule has 2 aromatic carbocycles. The topological polar surface area (TPSA) is 155 Å². The number of nitrogens with one attached hydrogen (secondary N) is 2. The van der Waals surface area contributed by atoms with Gasteiger partial charge in [-0.15, -0.1) is 0 Å². The molecule has 182 valence electrons. The molecular formula is C20H20F2N4O6S2. The smallest absolute Gasteiger partial charge is 0.387 e. The second kappa shape index (κ2) is 12.1. The van der Waals surface area contributed by atoms with E-state index in [2.05, 4.69) is 15.0 Å². The molecule has 2 N–H and O–H groups in total. The van der Waals surface area contributed by atoms with E-state index in [4.69, 9.17) is 5.26 Å². The minimum Gasteiger partial charge on any atom is -0.435 e. The first-order valence-corrected chi connectivity index (χ1v) is 12.7. The van der Waals surface area contributed by atoms with Gasteiger partial charge in [-0.25, -0.2) is 16.8 Å². The summed E-state index contributed by atoms with van der Waals surface area (Å²) in [6.45, 7) is -3.58. The van der Waals surface area contributed by atoms with Gasteiger partial charge in [-0.05, 0) is 18.2 Å². The normalized spacial score (nSPS) is 12.8. The Morgan fingerprint density at radius 3 is 2.38 bits per heavy atom. The van der Waals surface area contributed by atoms with Gasteiger partial charge in [0, 0.05) is 5.56 Å². The third-order valence-corrected chi connectivity index (χ3v) is 7.33. The Bertz CT molecular complexity index is 1260. The molecule has 2 aromatic rings. The molecule has 0 saturated carbocycles. The van der Waals surface area contributed by atoms with E-state index in [-0.39, 0.29) is 22.8 Å². The summed E-state index contributed by atoms with van der Waals surface area (Å²) in [5, 5.41) is 8.96. The van der Waals surface area contributed by atoms with Gasteiger partial charge < -0.3 is 10.1 Å². The number of benzene rings is 2. The predicted molar refractivity (Wildman–Crippen MR) is 118 cm³/mol. The van der Waals surface area contributed by atoms with Gasteiger partial charge in [-0.2, -0.15) is 14.0 Å². The molecule has 14 heteroatoms. The van der Waals surface area contributed by atoms with Crippen molar-refractivity contribution in [1.82, 2.24) is 10.0 Å². The molecule has 0 aliphatic carbocycles. The minimum atomic E-state index is -4.34.